The molecule has 5 heteroatoms. The third-order valence-corrected chi connectivity index (χ3v) is 5.38. The maximum Gasteiger partial charge on any atom is 0.251 e. The van der Waals surface area contributed by atoms with E-state index in [1.807, 2.05) is 0 Å². The summed E-state index contributed by atoms with van der Waals surface area (Å²) in [5.74, 6) is 2.08. The maximum absolute atomic E-state index is 12.2. The molecule has 2 amide bonds. The van der Waals surface area contributed by atoms with E-state index >= 15 is 0 Å². The van der Waals surface area contributed by atoms with E-state index in [1.54, 1.807) is 24.3 Å². The third kappa shape index (κ3) is 4.15. The normalized spacial score (nSPS) is 24.8. The first-order chi connectivity index (χ1) is 11.7. The van der Waals surface area contributed by atoms with Gasteiger partial charge >= 0.3 is 0 Å². The first kappa shape index (κ1) is 17.0. The number of rotatable bonds is 7. The minimum atomic E-state index is -0.164. The lowest BCUT2D eigenvalue weighted by atomic mass is 9.86. The van der Waals surface area contributed by atoms with Crippen molar-refractivity contribution in [2.45, 2.75) is 38.5 Å². The van der Waals surface area contributed by atoms with Gasteiger partial charge in [-0.3, -0.25) is 9.59 Å². The van der Waals surface area contributed by atoms with Crippen LogP contribution in [0.15, 0.2) is 24.3 Å². The molecule has 3 unspecified atom stereocenters. The largest absolute Gasteiger partial charge is 0.396 e. The van der Waals surface area contributed by atoms with E-state index in [0.717, 1.165) is 17.5 Å². The topological polar surface area (TPSA) is 78.4 Å². The molecule has 0 aliphatic heterocycles. The molecule has 1 aromatic carbocycles. The fourth-order valence-electron chi connectivity index (χ4n) is 4.16. The van der Waals surface area contributed by atoms with E-state index in [0.29, 0.717) is 30.9 Å². The molecule has 3 N–H and O–H groups in total. The van der Waals surface area contributed by atoms with Crippen LogP contribution in [0.5, 0.6) is 0 Å². The van der Waals surface area contributed by atoms with Crippen LogP contribution < -0.4 is 10.6 Å². The molecule has 3 atom stereocenters. The summed E-state index contributed by atoms with van der Waals surface area (Å²) in [4.78, 5) is 24.1. The number of fused-ring (bicyclic) bond motifs is 2. The quantitative estimate of drug-likeness (QED) is 0.672. The highest BCUT2D eigenvalue weighted by molar-refractivity contribution is 5.95. The average molecular weight is 330 g/mol. The minimum Gasteiger partial charge on any atom is -0.396 e. The van der Waals surface area contributed by atoms with Crippen LogP contribution in [-0.2, 0) is 4.79 Å². The van der Waals surface area contributed by atoms with Crippen LogP contribution in [0.1, 0.15) is 48.9 Å². The first-order valence-electron chi connectivity index (χ1n) is 8.94. The molecule has 5 nitrogen and oxygen atoms in total. The third-order valence-electron chi connectivity index (χ3n) is 5.38. The molecule has 0 heterocycles. The standard InChI is InChI=1S/C19H26N2O3/c22-9-1-8-20-19(24)14-4-6-17(7-5-14)21-18(23)12-16-11-13-2-3-15(16)10-13/h4-7,13,15-16,22H,1-3,8-12H2,(H,20,24)(H,21,23). The molecule has 0 aromatic heterocycles. The van der Waals surface area contributed by atoms with Crippen molar-refractivity contribution in [3.63, 3.8) is 0 Å². The summed E-state index contributed by atoms with van der Waals surface area (Å²) in [7, 11) is 0. The molecule has 2 aliphatic carbocycles. The van der Waals surface area contributed by atoms with Gasteiger partial charge in [-0.25, -0.2) is 0 Å². The van der Waals surface area contributed by atoms with Gasteiger partial charge in [-0.15, -0.1) is 0 Å². The van der Waals surface area contributed by atoms with Gasteiger partial charge in [0.25, 0.3) is 5.91 Å². The van der Waals surface area contributed by atoms with Gasteiger partial charge in [0.2, 0.25) is 5.91 Å². The Morgan fingerprint density at radius 1 is 1.12 bits per heavy atom. The molecule has 0 saturated heterocycles. The number of benzene rings is 1. The van der Waals surface area contributed by atoms with E-state index in [9.17, 15) is 9.59 Å². The Morgan fingerprint density at radius 2 is 1.92 bits per heavy atom. The molecule has 2 saturated carbocycles. The SMILES string of the molecule is O=C(CC1CC2CCC1C2)Nc1ccc(C(=O)NCCCO)cc1. The second-order valence-corrected chi connectivity index (χ2v) is 7.10. The molecule has 3 rings (SSSR count). The van der Waals surface area contributed by atoms with Crippen molar-refractivity contribution in [2.75, 3.05) is 18.5 Å². The Balaban J connectivity index is 1.47. The van der Waals surface area contributed by atoms with E-state index < -0.39 is 0 Å². The monoisotopic (exact) mass is 330 g/mol. The van der Waals surface area contributed by atoms with Gasteiger partial charge < -0.3 is 15.7 Å². The minimum absolute atomic E-state index is 0.0633. The predicted molar refractivity (Wildman–Crippen MR) is 92.7 cm³/mol. The van der Waals surface area contributed by atoms with Gasteiger partial charge in [-0.05, 0) is 67.7 Å². The summed E-state index contributed by atoms with van der Waals surface area (Å²) < 4.78 is 0. The number of aliphatic hydroxyl groups is 1. The van der Waals surface area contributed by atoms with Crippen molar-refractivity contribution in [3.8, 4) is 0 Å². The highest BCUT2D eigenvalue weighted by Gasteiger charge is 2.40. The molecular weight excluding hydrogens is 304 g/mol. The molecule has 130 valence electrons. The average Bonchev–Trinajstić information content (AvgIpc) is 3.18. The van der Waals surface area contributed by atoms with Gasteiger partial charge in [-0.1, -0.05) is 6.42 Å². The van der Waals surface area contributed by atoms with Crippen molar-refractivity contribution in [1.82, 2.24) is 5.32 Å². The van der Waals surface area contributed by atoms with E-state index in [4.69, 9.17) is 5.11 Å². The number of nitrogens with one attached hydrogen (secondary N) is 2. The van der Waals surface area contributed by atoms with E-state index in [-0.39, 0.29) is 18.4 Å². The Bertz CT molecular complexity index is 585. The summed E-state index contributed by atoms with van der Waals surface area (Å²) in [6.45, 7) is 0.519. The highest BCUT2D eigenvalue weighted by Crippen LogP contribution is 2.49. The van der Waals surface area contributed by atoms with Crippen molar-refractivity contribution in [1.29, 1.82) is 0 Å². The lowest BCUT2D eigenvalue weighted by Crippen LogP contribution is -2.25. The summed E-state index contributed by atoms with van der Waals surface area (Å²) in [6, 6.07) is 6.95. The molecule has 0 spiro atoms. The molecule has 1 aromatic rings. The number of carbonyl (C=O) groups is 2. The zero-order chi connectivity index (χ0) is 16.9. The van der Waals surface area contributed by atoms with Crippen LogP contribution in [-0.4, -0.2) is 30.1 Å². The van der Waals surface area contributed by atoms with Gasteiger partial charge in [-0.2, -0.15) is 0 Å². The number of aliphatic hydroxyl groups excluding tert-OH is 1. The lowest BCUT2D eigenvalue weighted by Gasteiger charge is -2.20. The van der Waals surface area contributed by atoms with Gasteiger partial charge in [0.15, 0.2) is 0 Å². The van der Waals surface area contributed by atoms with Crippen LogP contribution in [0, 0.1) is 17.8 Å². The van der Waals surface area contributed by atoms with Gasteiger partial charge in [0, 0.05) is 30.8 Å². The summed E-state index contributed by atoms with van der Waals surface area (Å²) in [5.41, 5.74) is 1.29. The smallest absolute Gasteiger partial charge is 0.251 e. The Labute approximate surface area is 142 Å². The van der Waals surface area contributed by atoms with Crippen molar-refractivity contribution >= 4 is 17.5 Å². The van der Waals surface area contributed by atoms with Crippen LogP contribution in [0.25, 0.3) is 0 Å². The Kier molecular flexibility index (Phi) is 5.51. The molecule has 2 bridgehead atoms. The molecule has 2 aliphatic rings. The zero-order valence-corrected chi connectivity index (χ0v) is 14.0. The van der Waals surface area contributed by atoms with Crippen molar-refractivity contribution in [2.24, 2.45) is 17.8 Å². The van der Waals surface area contributed by atoms with Crippen molar-refractivity contribution in [3.05, 3.63) is 29.8 Å². The molecule has 0 radical (unpaired) electrons. The molecule has 2 fully saturated rings. The summed E-state index contributed by atoms with van der Waals surface area (Å²) >= 11 is 0. The second-order valence-electron chi connectivity index (χ2n) is 7.10. The lowest BCUT2D eigenvalue weighted by molar-refractivity contribution is -0.117. The first-order valence-corrected chi connectivity index (χ1v) is 8.94. The summed E-state index contributed by atoms with van der Waals surface area (Å²) in [6.07, 6.45) is 6.34. The van der Waals surface area contributed by atoms with Crippen LogP contribution in [0.2, 0.25) is 0 Å². The number of anilines is 1. The fraction of sp³-hybridized carbons (Fsp3) is 0.579. The zero-order valence-electron chi connectivity index (χ0n) is 14.0. The number of amides is 2. The van der Waals surface area contributed by atoms with Crippen LogP contribution >= 0.6 is 0 Å². The number of hydrogen-bond donors (Lipinski definition) is 3. The Morgan fingerprint density at radius 3 is 2.54 bits per heavy atom. The number of hydrogen-bond acceptors (Lipinski definition) is 3. The number of carbonyl (C=O) groups excluding carboxylic acids is 2. The van der Waals surface area contributed by atoms with E-state index in [2.05, 4.69) is 10.6 Å². The van der Waals surface area contributed by atoms with Crippen LogP contribution in [0.4, 0.5) is 5.69 Å². The fourth-order valence-corrected chi connectivity index (χ4v) is 4.16. The predicted octanol–water partition coefficient (Wildman–Crippen LogP) is 2.56. The van der Waals surface area contributed by atoms with Gasteiger partial charge in [0.05, 0.1) is 0 Å². The maximum atomic E-state index is 12.2. The van der Waals surface area contributed by atoms with Crippen molar-refractivity contribution < 1.29 is 14.7 Å². The Hall–Kier alpha value is -1.88. The van der Waals surface area contributed by atoms with Gasteiger partial charge in [0.1, 0.15) is 0 Å². The highest BCUT2D eigenvalue weighted by atomic mass is 16.3. The summed E-state index contributed by atoms with van der Waals surface area (Å²) in [5, 5.41) is 14.4. The molecular formula is C19H26N2O3. The molecule has 24 heavy (non-hydrogen) atoms. The van der Waals surface area contributed by atoms with Crippen LogP contribution in [0.3, 0.4) is 0 Å². The second kappa shape index (κ2) is 7.79. The van der Waals surface area contributed by atoms with E-state index in [1.165, 1.54) is 25.7 Å².